The summed E-state index contributed by atoms with van der Waals surface area (Å²) in [6.07, 6.45) is 4.19. The van der Waals surface area contributed by atoms with E-state index >= 15 is 0 Å². The molecule has 0 amide bonds. The van der Waals surface area contributed by atoms with Gasteiger partial charge in [-0.1, -0.05) is 25.4 Å². The van der Waals surface area contributed by atoms with Crippen molar-refractivity contribution in [3.05, 3.63) is 28.9 Å². The Labute approximate surface area is 131 Å². The number of benzene rings is 1. The van der Waals surface area contributed by atoms with Crippen molar-refractivity contribution in [3.63, 3.8) is 0 Å². The highest BCUT2D eigenvalue weighted by atomic mass is 35.5. The summed E-state index contributed by atoms with van der Waals surface area (Å²) in [5, 5.41) is 18.9. The fourth-order valence-corrected chi connectivity index (χ4v) is 2.96. The summed E-state index contributed by atoms with van der Waals surface area (Å²) in [5.74, 6) is 0. The minimum absolute atomic E-state index is 0.534. The van der Waals surface area contributed by atoms with Crippen LogP contribution in [0.4, 0.5) is 0 Å². The summed E-state index contributed by atoms with van der Waals surface area (Å²) in [7, 11) is 0. The van der Waals surface area contributed by atoms with Gasteiger partial charge < -0.3 is 10.0 Å². The van der Waals surface area contributed by atoms with Crippen LogP contribution < -0.4 is 0 Å². The van der Waals surface area contributed by atoms with Gasteiger partial charge in [-0.05, 0) is 50.0 Å². The number of H-pyrrole nitrogens is 1. The summed E-state index contributed by atoms with van der Waals surface area (Å²) in [6, 6.07) is 3.76. The van der Waals surface area contributed by atoms with Crippen LogP contribution in [-0.2, 0) is 0 Å². The van der Waals surface area contributed by atoms with Crippen LogP contribution in [0.3, 0.4) is 0 Å². The Balaban J connectivity index is 2.03. The van der Waals surface area contributed by atoms with Crippen molar-refractivity contribution >= 4 is 22.5 Å². The third-order valence-corrected chi connectivity index (χ3v) is 4.04. The van der Waals surface area contributed by atoms with Gasteiger partial charge in [0.25, 0.3) is 0 Å². The number of hydrogen-bond donors (Lipinski definition) is 2. The second-order valence-electron chi connectivity index (χ2n) is 5.48. The standard InChI is InChI=1S/C16H24ClN3O/c1-3-6-20(7-4-2)8-5-16(21)13-9-12-11-18-19-15(12)10-14(13)17/h9-11,16,21H,3-8H2,1-2H3,(H,18,19). The lowest BCUT2D eigenvalue weighted by atomic mass is 10.0. The molecule has 0 spiro atoms. The Morgan fingerprint density at radius 1 is 1.24 bits per heavy atom. The molecule has 1 heterocycles. The summed E-state index contributed by atoms with van der Waals surface area (Å²) in [6.45, 7) is 7.41. The number of aliphatic hydroxyl groups excluding tert-OH is 1. The van der Waals surface area contributed by atoms with Gasteiger partial charge in [0, 0.05) is 17.0 Å². The number of halogens is 1. The first kappa shape index (κ1) is 16.3. The largest absolute Gasteiger partial charge is 0.388 e. The Bertz CT molecular complexity index is 564. The van der Waals surface area contributed by atoms with Crippen molar-refractivity contribution in [3.8, 4) is 0 Å². The average molecular weight is 310 g/mol. The first-order valence-corrected chi connectivity index (χ1v) is 8.06. The number of rotatable bonds is 8. The predicted octanol–water partition coefficient (Wildman–Crippen LogP) is 3.76. The molecule has 116 valence electrons. The van der Waals surface area contributed by atoms with Crippen LogP contribution in [-0.4, -0.2) is 39.8 Å². The highest BCUT2D eigenvalue weighted by Crippen LogP contribution is 2.29. The van der Waals surface area contributed by atoms with Crippen LogP contribution in [0.15, 0.2) is 18.3 Å². The summed E-state index contributed by atoms with van der Waals surface area (Å²) in [4.78, 5) is 2.40. The van der Waals surface area contributed by atoms with Crippen LogP contribution >= 0.6 is 11.6 Å². The summed E-state index contributed by atoms with van der Waals surface area (Å²) in [5.41, 5.74) is 1.69. The second-order valence-corrected chi connectivity index (χ2v) is 5.88. The van der Waals surface area contributed by atoms with Gasteiger partial charge in [0.2, 0.25) is 0 Å². The Kier molecular flexibility index (Phi) is 6.03. The maximum atomic E-state index is 10.4. The molecule has 2 aromatic rings. The number of aliphatic hydroxyl groups is 1. The highest BCUT2D eigenvalue weighted by Gasteiger charge is 2.15. The molecule has 21 heavy (non-hydrogen) atoms. The lowest BCUT2D eigenvalue weighted by Gasteiger charge is -2.23. The van der Waals surface area contributed by atoms with Gasteiger partial charge in [0.15, 0.2) is 0 Å². The molecule has 2 N–H and O–H groups in total. The SMILES string of the molecule is CCCN(CCC)CCC(O)c1cc2cn[nH]c2cc1Cl. The van der Waals surface area contributed by atoms with Gasteiger partial charge in [-0.25, -0.2) is 0 Å². The number of nitrogens with zero attached hydrogens (tertiary/aromatic N) is 2. The van der Waals surface area contributed by atoms with E-state index < -0.39 is 6.10 Å². The molecule has 0 aliphatic heterocycles. The van der Waals surface area contributed by atoms with E-state index in [0.29, 0.717) is 11.4 Å². The van der Waals surface area contributed by atoms with E-state index in [2.05, 4.69) is 28.9 Å². The Morgan fingerprint density at radius 3 is 2.62 bits per heavy atom. The van der Waals surface area contributed by atoms with E-state index in [0.717, 1.165) is 48.9 Å². The third-order valence-electron chi connectivity index (χ3n) is 3.71. The van der Waals surface area contributed by atoms with Gasteiger partial charge in [-0.3, -0.25) is 5.10 Å². The highest BCUT2D eigenvalue weighted by molar-refractivity contribution is 6.32. The van der Waals surface area contributed by atoms with Crippen molar-refractivity contribution < 1.29 is 5.11 Å². The minimum atomic E-state index is -0.534. The molecule has 1 aromatic carbocycles. The summed E-state index contributed by atoms with van der Waals surface area (Å²) < 4.78 is 0. The van der Waals surface area contributed by atoms with E-state index in [4.69, 9.17) is 11.6 Å². The molecule has 0 saturated heterocycles. The molecule has 0 aliphatic carbocycles. The maximum Gasteiger partial charge on any atom is 0.0816 e. The molecule has 0 radical (unpaired) electrons. The number of aromatic nitrogens is 2. The Morgan fingerprint density at radius 2 is 1.95 bits per heavy atom. The molecule has 0 fully saturated rings. The average Bonchev–Trinajstić information content (AvgIpc) is 2.91. The van der Waals surface area contributed by atoms with Crippen molar-refractivity contribution in [1.29, 1.82) is 0 Å². The first-order chi connectivity index (χ1) is 10.2. The van der Waals surface area contributed by atoms with Gasteiger partial charge in [0.1, 0.15) is 0 Å². The molecule has 2 rings (SSSR count). The van der Waals surface area contributed by atoms with E-state index in [1.54, 1.807) is 6.20 Å². The quantitative estimate of drug-likeness (QED) is 0.780. The first-order valence-electron chi connectivity index (χ1n) is 7.68. The topological polar surface area (TPSA) is 52.1 Å². The molecule has 0 saturated carbocycles. The van der Waals surface area contributed by atoms with Crippen LogP contribution in [0.1, 0.15) is 44.8 Å². The van der Waals surface area contributed by atoms with Gasteiger partial charge >= 0.3 is 0 Å². The molecule has 1 atom stereocenters. The van der Waals surface area contributed by atoms with E-state index in [1.165, 1.54) is 0 Å². The molecule has 1 aromatic heterocycles. The van der Waals surface area contributed by atoms with Crippen LogP contribution in [0.2, 0.25) is 5.02 Å². The molecular weight excluding hydrogens is 286 g/mol. The smallest absolute Gasteiger partial charge is 0.0816 e. The van der Waals surface area contributed by atoms with Gasteiger partial charge in [0.05, 0.1) is 17.8 Å². The molecular formula is C16H24ClN3O. The molecule has 0 aliphatic rings. The zero-order valence-corrected chi connectivity index (χ0v) is 13.5. The Hall–Kier alpha value is -1.10. The summed E-state index contributed by atoms with van der Waals surface area (Å²) >= 11 is 6.27. The van der Waals surface area contributed by atoms with Crippen molar-refractivity contribution in [2.45, 2.75) is 39.2 Å². The zero-order valence-electron chi connectivity index (χ0n) is 12.8. The number of hydrogen-bond acceptors (Lipinski definition) is 3. The number of aromatic amines is 1. The van der Waals surface area contributed by atoms with Crippen molar-refractivity contribution in [2.24, 2.45) is 0 Å². The lowest BCUT2D eigenvalue weighted by molar-refractivity contribution is 0.142. The minimum Gasteiger partial charge on any atom is -0.388 e. The molecule has 1 unspecified atom stereocenters. The normalized spacial score (nSPS) is 13.2. The lowest BCUT2D eigenvalue weighted by Crippen LogP contribution is -2.27. The predicted molar refractivity (Wildman–Crippen MR) is 87.7 cm³/mol. The van der Waals surface area contributed by atoms with Crippen LogP contribution in [0.5, 0.6) is 0 Å². The number of fused-ring (bicyclic) bond motifs is 1. The van der Waals surface area contributed by atoms with Crippen LogP contribution in [0.25, 0.3) is 10.9 Å². The van der Waals surface area contributed by atoms with Crippen molar-refractivity contribution in [2.75, 3.05) is 19.6 Å². The monoisotopic (exact) mass is 309 g/mol. The number of nitrogens with one attached hydrogen (secondary N) is 1. The fourth-order valence-electron chi connectivity index (χ4n) is 2.67. The van der Waals surface area contributed by atoms with Gasteiger partial charge in [-0.15, -0.1) is 0 Å². The third kappa shape index (κ3) is 4.19. The molecule has 5 heteroatoms. The maximum absolute atomic E-state index is 10.4. The second kappa shape index (κ2) is 7.78. The van der Waals surface area contributed by atoms with E-state index in [9.17, 15) is 5.11 Å². The van der Waals surface area contributed by atoms with E-state index in [1.807, 2.05) is 12.1 Å². The van der Waals surface area contributed by atoms with Gasteiger partial charge in [-0.2, -0.15) is 5.10 Å². The van der Waals surface area contributed by atoms with Crippen LogP contribution in [0, 0.1) is 0 Å². The van der Waals surface area contributed by atoms with E-state index in [-0.39, 0.29) is 0 Å². The fraction of sp³-hybridized carbons (Fsp3) is 0.562. The molecule has 0 bridgehead atoms. The molecule has 4 nitrogen and oxygen atoms in total. The van der Waals surface area contributed by atoms with Crippen molar-refractivity contribution in [1.82, 2.24) is 15.1 Å². The zero-order chi connectivity index (χ0) is 15.2.